The van der Waals surface area contributed by atoms with E-state index >= 15 is 0 Å². The zero-order valence-electron chi connectivity index (χ0n) is 12.6. The van der Waals surface area contributed by atoms with Gasteiger partial charge < -0.3 is 20.1 Å². The van der Waals surface area contributed by atoms with Gasteiger partial charge in [0.2, 0.25) is 0 Å². The fourth-order valence-electron chi connectivity index (χ4n) is 2.12. The minimum absolute atomic E-state index is 0.0970. The molecule has 0 bridgehead atoms. The van der Waals surface area contributed by atoms with Gasteiger partial charge in [0.05, 0.1) is 21.4 Å². The molecule has 0 saturated heterocycles. The second-order valence-corrected chi connectivity index (χ2v) is 6.33. The van der Waals surface area contributed by atoms with Gasteiger partial charge in [-0.3, -0.25) is 9.59 Å². The van der Waals surface area contributed by atoms with Crippen molar-refractivity contribution in [3.05, 3.63) is 45.4 Å². The van der Waals surface area contributed by atoms with Crippen molar-refractivity contribution < 1.29 is 19.1 Å². The Labute approximate surface area is 158 Å². The van der Waals surface area contributed by atoms with Crippen LogP contribution in [0, 0.1) is 0 Å². The molecule has 0 aliphatic carbocycles. The standard InChI is InChI=1S/C16H11Cl3N2O4/c17-8-1-2-13(10(19)3-8)24-6-15(22)20-11-5-14-12(4-9(11)18)21-16(23)7-25-14/h1-5H,6-7H2,(H,20,22)(H,21,23). The van der Waals surface area contributed by atoms with Crippen LogP contribution in [-0.2, 0) is 9.59 Å². The zero-order chi connectivity index (χ0) is 18.0. The van der Waals surface area contributed by atoms with E-state index in [1.807, 2.05) is 0 Å². The first-order valence-corrected chi connectivity index (χ1v) is 8.19. The first kappa shape index (κ1) is 17.7. The van der Waals surface area contributed by atoms with Gasteiger partial charge in [-0.25, -0.2) is 0 Å². The number of benzene rings is 2. The van der Waals surface area contributed by atoms with E-state index in [4.69, 9.17) is 44.3 Å². The molecule has 0 unspecified atom stereocenters. The number of hydrogen-bond acceptors (Lipinski definition) is 4. The molecule has 0 spiro atoms. The van der Waals surface area contributed by atoms with Crippen molar-refractivity contribution in [3.63, 3.8) is 0 Å². The molecular formula is C16H11Cl3N2O4. The summed E-state index contributed by atoms with van der Waals surface area (Å²) in [4.78, 5) is 23.3. The van der Waals surface area contributed by atoms with Crippen molar-refractivity contribution in [1.82, 2.24) is 0 Å². The van der Waals surface area contributed by atoms with Gasteiger partial charge in [-0.2, -0.15) is 0 Å². The van der Waals surface area contributed by atoms with Gasteiger partial charge in [-0.1, -0.05) is 34.8 Å². The molecule has 0 radical (unpaired) electrons. The Morgan fingerprint density at radius 3 is 2.76 bits per heavy atom. The third-order valence-corrected chi connectivity index (χ3v) is 4.07. The molecule has 130 valence electrons. The van der Waals surface area contributed by atoms with Crippen LogP contribution in [0.5, 0.6) is 11.5 Å². The van der Waals surface area contributed by atoms with E-state index in [0.717, 1.165) is 0 Å². The first-order chi connectivity index (χ1) is 11.9. The van der Waals surface area contributed by atoms with Crippen LogP contribution in [0.2, 0.25) is 15.1 Å². The van der Waals surface area contributed by atoms with Gasteiger partial charge in [-0.05, 0) is 24.3 Å². The molecule has 6 nitrogen and oxygen atoms in total. The predicted molar refractivity (Wildman–Crippen MR) is 96.2 cm³/mol. The third-order valence-electron chi connectivity index (χ3n) is 3.23. The largest absolute Gasteiger partial charge is 0.482 e. The lowest BCUT2D eigenvalue weighted by Gasteiger charge is -2.19. The number of fused-ring (bicyclic) bond motifs is 1. The number of anilines is 2. The average molecular weight is 402 g/mol. The summed E-state index contributed by atoms with van der Waals surface area (Å²) in [5.41, 5.74) is 0.788. The van der Waals surface area contributed by atoms with Crippen molar-refractivity contribution in [2.45, 2.75) is 0 Å². The summed E-state index contributed by atoms with van der Waals surface area (Å²) < 4.78 is 10.6. The number of rotatable bonds is 4. The van der Waals surface area contributed by atoms with E-state index < -0.39 is 5.91 Å². The van der Waals surface area contributed by atoms with Crippen molar-refractivity contribution in [2.24, 2.45) is 0 Å². The fourth-order valence-corrected chi connectivity index (χ4v) is 2.79. The van der Waals surface area contributed by atoms with Gasteiger partial charge in [0.1, 0.15) is 11.5 Å². The maximum Gasteiger partial charge on any atom is 0.262 e. The molecule has 9 heteroatoms. The Bertz CT molecular complexity index is 858. The molecule has 1 aliphatic rings. The number of nitrogens with one attached hydrogen (secondary N) is 2. The molecule has 0 aromatic heterocycles. The maximum absolute atomic E-state index is 12.1. The lowest BCUT2D eigenvalue weighted by atomic mass is 10.2. The molecule has 2 N–H and O–H groups in total. The van der Waals surface area contributed by atoms with Crippen LogP contribution in [0.15, 0.2) is 30.3 Å². The molecule has 0 atom stereocenters. The monoisotopic (exact) mass is 400 g/mol. The summed E-state index contributed by atoms with van der Waals surface area (Å²) in [5.74, 6) is 0.0473. The Hall–Kier alpha value is -2.15. The van der Waals surface area contributed by atoms with Gasteiger partial charge >= 0.3 is 0 Å². The quantitative estimate of drug-likeness (QED) is 0.812. The number of halogens is 3. The normalized spacial score (nSPS) is 12.7. The van der Waals surface area contributed by atoms with Crippen molar-refractivity contribution in [1.29, 1.82) is 0 Å². The van der Waals surface area contributed by atoms with Crippen LogP contribution >= 0.6 is 34.8 Å². The van der Waals surface area contributed by atoms with Crippen molar-refractivity contribution in [2.75, 3.05) is 23.8 Å². The number of amides is 2. The summed E-state index contributed by atoms with van der Waals surface area (Å²) in [5, 5.41) is 6.26. The molecule has 0 saturated carbocycles. The topological polar surface area (TPSA) is 76.7 Å². The molecule has 2 aromatic carbocycles. The van der Waals surface area contributed by atoms with Gasteiger partial charge in [0, 0.05) is 11.1 Å². The molecule has 1 aliphatic heterocycles. The molecular weight excluding hydrogens is 391 g/mol. The number of ether oxygens (including phenoxy) is 2. The zero-order valence-corrected chi connectivity index (χ0v) is 14.8. The fraction of sp³-hybridized carbons (Fsp3) is 0.125. The van der Waals surface area contributed by atoms with E-state index in [-0.39, 0.29) is 24.1 Å². The van der Waals surface area contributed by atoms with Crippen molar-refractivity contribution in [3.8, 4) is 11.5 Å². The molecule has 0 fully saturated rings. The Balaban J connectivity index is 1.66. The highest BCUT2D eigenvalue weighted by atomic mass is 35.5. The average Bonchev–Trinajstić information content (AvgIpc) is 2.55. The highest BCUT2D eigenvalue weighted by Crippen LogP contribution is 2.36. The first-order valence-electron chi connectivity index (χ1n) is 7.06. The Kier molecular flexibility index (Phi) is 5.22. The van der Waals surface area contributed by atoms with Gasteiger partial charge in [0.15, 0.2) is 13.2 Å². The van der Waals surface area contributed by atoms with Crippen LogP contribution in [0.3, 0.4) is 0 Å². The van der Waals surface area contributed by atoms with E-state index in [1.54, 1.807) is 12.1 Å². The summed E-state index contributed by atoms with van der Waals surface area (Å²) in [6.07, 6.45) is 0. The Morgan fingerprint density at radius 2 is 2.00 bits per heavy atom. The summed E-state index contributed by atoms with van der Waals surface area (Å²) in [6.45, 7) is -0.368. The second-order valence-electron chi connectivity index (χ2n) is 5.08. The minimum atomic E-state index is -0.437. The number of carbonyl (C=O) groups excluding carboxylic acids is 2. The smallest absolute Gasteiger partial charge is 0.262 e. The van der Waals surface area contributed by atoms with E-state index in [9.17, 15) is 9.59 Å². The summed E-state index contributed by atoms with van der Waals surface area (Å²) >= 11 is 17.9. The lowest BCUT2D eigenvalue weighted by Crippen LogP contribution is -2.26. The van der Waals surface area contributed by atoms with Crippen LogP contribution < -0.4 is 20.1 Å². The minimum Gasteiger partial charge on any atom is -0.482 e. The van der Waals surface area contributed by atoms with E-state index in [1.165, 1.54) is 18.2 Å². The third kappa shape index (κ3) is 4.28. The Morgan fingerprint density at radius 1 is 1.20 bits per heavy atom. The molecule has 25 heavy (non-hydrogen) atoms. The molecule has 1 heterocycles. The van der Waals surface area contributed by atoms with Crippen LogP contribution in [0.4, 0.5) is 11.4 Å². The van der Waals surface area contributed by atoms with E-state index in [2.05, 4.69) is 10.6 Å². The van der Waals surface area contributed by atoms with Crippen LogP contribution in [0.25, 0.3) is 0 Å². The van der Waals surface area contributed by atoms with Crippen molar-refractivity contribution >= 4 is 58.0 Å². The highest BCUT2D eigenvalue weighted by Gasteiger charge is 2.19. The lowest BCUT2D eigenvalue weighted by molar-refractivity contribution is -0.119. The van der Waals surface area contributed by atoms with Crippen LogP contribution in [0.1, 0.15) is 0 Å². The number of carbonyl (C=O) groups is 2. The number of hydrogen-bond donors (Lipinski definition) is 2. The molecule has 3 rings (SSSR count). The second kappa shape index (κ2) is 7.39. The van der Waals surface area contributed by atoms with Crippen LogP contribution in [-0.4, -0.2) is 25.0 Å². The van der Waals surface area contributed by atoms with Gasteiger partial charge in [0.25, 0.3) is 11.8 Å². The highest BCUT2D eigenvalue weighted by molar-refractivity contribution is 6.35. The van der Waals surface area contributed by atoms with E-state index in [0.29, 0.717) is 32.9 Å². The predicted octanol–water partition coefficient (Wildman–Crippen LogP) is 4.00. The summed E-state index contributed by atoms with van der Waals surface area (Å²) in [6, 6.07) is 7.72. The van der Waals surface area contributed by atoms with Gasteiger partial charge in [-0.15, -0.1) is 0 Å². The molecule has 2 amide bonds. The maximum atomic E-state index is 12.1. The summed E-state index contributed by atoms with van der Waals surface area (Å²) in [7, 11) is 0. The molecule has 2 aromatic rings. The SMILES string of the molecule is O=C(COc1ccc(Cl)cc1Cl)Nc1cc2c(cc1Cl)NC(=O)CO2.